The van der Waals surface area contributed by atoms with E-state index in [0.717, 1.165) is 0 Å². The summed E-state index contributed by atoms with van der Waals surface area (Å²) in [5.41, 5.74) is 0.630. The highest BCUT2D eigenvalue weighted by molar-refractivity contribution is 6.33. The number of rotatable bonds is 2. The molecule has 108 valence electrons. The summed E-state index contributed by atoms with van der Waals surface area (Å²) in [6, 6.07) is 4.27. The molecule has 0 radical (unpaired) electrons. The molecule has 1 aromatic carbocycles. The van der Waals surface area contributed by atoms with Crippen molar-refractivity contribution < 1.29 is 14.8 Å². The van der Waals surface area contributed by atoms with E-state index in [1.54, 1.807) is 6.07 Å². The molecule has 0 saturated carbocycles. The van der Waals surface area contributed by atoms with Gasteiger partial charge in [0.05, 0.1) is 15.6 Å². The van der Waals surface area contributed by atoms with Gasteiger partial charge in [-0.15, -0.1) is 0 Å². The lowest BCUT2D eigenvalue weighted by Crippen LogP contribution is -2.53. The van der Waals surface area contributed by atoms with Gasteiger partial charge in [0.1, 0.15) is 0 Å². The lowest BCUT2D eigenvalue weighted by atomic mass is 10.1. The highest BCUT2D eigenvalue weighted by Crippen LogP contribution is 2.32. The minimum Gasteiger partial charge on any atom is -0.465 e. The van der Waals surface area contributed by atoms with Crippen molar-refractivity contribution in [2.75, 3.05) is 24.5 Å². The number of hydrogen-bond donors (Lipinski definition) is 1. The number of non-ortho nitro benzene ring substituents is 1. The summed E-state index contributed by atoms with van der Waals surface area (Å²) in [5.74, 6) is 0. The number of halogens is 1. The Kier molecular flexibility index (Phi) is 3.99. The number of hydrogen-bond acceptors (Lipinski definition) is 4. The number of nitro groups is 1. The van der Waals surface area contributed by atoms with Crippen LogP contribution in [0.5, 0.6) is 0 Å². The third kappa shape index (κ3) is 2.77. The molecule has 1 amide bonds. The molecule has 1 aliphatic rings. The summed E-state index contributed by atoms with van der Waals surface area (Å²) in [5, 5.41) is 20.0. The van der Waals surface area contributed by atoms with Crippen LogP contribution < -0.4 is 4.90 Å². The molecule has 1 heterocycles. The second kappa shape index (κ2) is 5.54. The molecule has 0 aromatic heterocycles. The number of amides is 1. The molecule has 0 bridgehead atoms. The number of benzene rings is 1. The van der Waals surface area contributed by atoms with Gasteiger partial charge < -0.3 is 14.9 Å². The van der Waals surface area contributed by atoms with Gasteiger partial charge in [-0.1, -0.05) is 11.6 Å². The van der Waals surface area contributed by atoms with Crippen LogP contribution in [0.3, 0.4) is 0 Å². The maximum Gasteiger partial charge on any atom is 0.407 e. The Balaban J connectivity index is 2.20. The van der Waals surface area contributed by atoms with Gasteiger partial charge in [-0.25, -0.2) is 4.79 Å². The number of piperazine rings is 1. The van der Waals surface area contributed by atoms with E-state index in [0.29, 0.717) is 30.3 Å². The lowest BCUT2D eigenvalue weighted by molar-refractivity contribution is -0.384. The van der Waals surface area contributed by atoms with Gasteiger partial charge >= 0.3 is 6.09 Å². The first-order valence-electron chi connectivity index (χ1n) is 6.08. The first kappa shape index (κ1) is 14.4. The van der Waals surface area contributed by atoms with E-state index in [4.69, 9.17) is 16.7 Å². The van der Waals surface area contributed by atoms with Crippen LogP contribution in [0.25, 0.3) is 0 Å². The lowest BCUT2D eigenvalue weighted by Gasteiger charge is -2.40. The fraction of sp³-hybridized carbons (Fsp3) is 0.417. The van der Waals surface area contributed by atoms with Crippen molar-refractivity contribution in [3.05, 3.63) is 33.3 Å². The topological polar surface area (TPSA) is 86.9 Å². The molecule has 1 fully saturated rings. The molecule has 2 rings (SSSR count). The third-order valence-corrected chi connectivity index (χ3v) is 3.65. The monoisotopic (exact) mass is 299 g/mol. The molecule has 1 atom stereocenters. The standard InChI is InChI=1S/C12H14ClN3O4/c1-8-7-14(12(17)18)4-5-15(8)11-3-2-9(16(19)20)6-10(11)13/h2-3,6,8H,4-5,7H2,1H3,(H,17,18)/t8-/m1/s1. The van der Waals surface area contributed by atoms with E-state index in [1.807, 2.05) is 11.8 Å². The quantitative estimate of drug-likeness (QED) is 0.669. The van der Waals surface area contributed by atoms with E-state index in [2.05, 4.69) is 0 Å². The Morgan fingerprint density at radius 1 is 1.50 bits per heavy atom. The normalized spacial score (nSPS) is 19.0. The van der Waals surface area contributed by atoms with Gasteiger partial charge in [-0.3, -0.25) is 10.1 Å². The molecule has 20 heavy (non-hydrogen) atoms. The first-order valence-corrected chi connectivity index (χ1v) is 6.46. The molecular weight excluding hydrogens is 286 g/mol. The summed E-state index contributed by atoms with van der Waals surface area (Å²) in [6.07, 6.45) is -0.939. The minimum atomic E-state index is -0.939. The summed E-state index contributed by atoms with van der Waals surface area (Å²) in [6.45, 7) is 3.16. The van der Waals surface area contributed by atoms with Gasteiger partial charge in [0.2, 0.25) is 0 Å². The van der Waals surface area contributed by atoms with Gasteiger partial charge in [0.15, 0.2) is 0 Å². The molecular formula is C12H14ClN3O4. The van der Waals surface area contributed by atoms with Gasteiger partial charge in [-0.2, -0.15) is 0 Å². The number of carboxylic acid groups (broad SMARTS) is 1. The smallest absolute Gasteiger partial charge is 0.407 e. The van der Waals surface area contributed by atoms with Crippen LogP contribution >= 0.6 is 11.6 Å². The van der Waals surface area contributed by atoms with Crippen LogP contribution in [-0.2, 0) is 0 Å². The zero-order valence-electron chi connectivity index (χ0n) is 10.8. The summed E-state index contributed by atoms with van der Waals surface area (Å²) < 4.78 is 0. The highest BCUT2D eigenvalue weighted by atomic mass is 35.5. The predicted molar refractivity (Wildman–Crippen MR) is 74.5 cm³/mol. The highest BCUT2D eigenvalue weighted by Gasteiger charge is 2.28. The molecule has 8 heteroatoms. The molecule has 0 unspecified atom stereocenters. The van der Waals surface area contributed by atoms with Crippen LogP contribution in [0.15, 0.2) is 18.2 Å². The van der Waals surface area contributed by atoms with Crippen LogP contribution in [-0.4, -0.2) is 46.7 Å². The van der Waals surface area contributed by atoms with Crippen LogP contribution in [0.1, 0.15) is 6.92 Å². The summed E-state index contributed by atoms with van der Waals surface area (Å²) in [4.78, 5) is 24.4. The van der Waals surface area contributed by atoms with E-state index in [9.17, 15) is 14.9 Å². The van der Waals surface area contributed by atoms with Crippen LogP contribution in [0.4, 0.5) is 16.2 Å². The van der Waals surface area contributed by atoms with E-state index in [1.165, 1.54) is 17.0 Å². The average Bonchev–Trinajstić information content (AvgIpc) is 2.38. The van der Waals surface area contributed by atoms with E-state index in [-0.39, 0.29) is 11.7 Å². The zero-order chi connectivity index (χ0) is 14.9. The first-order chi connectivity index (χ1) is 9.40. The number of anilines is 1. The molecule has 0 aliphatic carbocycles. The second-order valence-electron chi connectivity index (χ2n) is 4.66. The Morgan fingerprint density at radius 3 is 2.70 bits per heavy atom. The zero-order valence-corrected chi connectivity index (χ0v) is 11.6. The minimum absolute atomic E-state index is 0.0428. The molecule has 1 aliphatic heterocycles. The SMILES string of the molecule is C[C@@H]1CN(C(=O)O)CCN1c1ccc([N+](=O)[O-])cc1Cl. The van der Waals surface area contributed by atoms with Crippen molar-refractivity contribution in [2.45, 2.75) is 13.0 Å². The van der Waals surface area contributed by atoms with Crippen molar-refractivity contribution in [1.29, 1.82) is 0 Å². The predicted octanol–water partition coefficient (Wildman–Crippen LogP) is 2.44. The van der Waals surface area contributed by atoms with E-state index < -0.39 is 11.0 Å². The molecule has 1 aromatic rings. The van der Waals surface area contributed by atoms with Crippen molar-refractivity contribution in [3.63, 3.8) is 0 Å². The van der Waals surface area contributed by atoms with Gasteiger partial charge in [-0.05, 0) is 13.0 Å². The Hall–Kier alpha value is -2.02. The Morgan fingerprint density at radius 2 is 2.20 bits per heavy atom. The fourth-order valence-corrected chi connectivity index (χ4v) is 2.61. The van der Waals surface area contributed by atoms with E-state index >= 15 is 0 Å². The maximum atomic E-state index is 10.9. The molecule has 1 saturated heterocycles. The number of carbonyl (C=O) groups is 1. The van der Waals surface area contributed by atoms with Gasteiger partial charge in [0, 0.05) is 37.8 Å². The summed E-state index contributed by atoms with van der Waals surface area (Å²) in [7, 11) is 0. The van der Waals surface area contributed by atoms with Crippen LogP contribution in [0, 0.1) is 10.1 Å². The van der Waals surface area contributed by atoms with Gasteiger partial charge in [0.25, 0.3) is 5.69 Å². The van der Waals surface area contributed by atoms with Crippen LogP contribution in [0.2, 0.25) is 5.02 Å². The Bertz CT molecular complexity index is 552. The molecule has 1 N–H and O–H groups in total. The molecule has 0 spiro atoms. The largest absolute Gasteiger partial charge is 0.465 e. The number of nitrogens with zero attached hydrogens (tertiary/aromatic N) is 3. The van der Waals surface area contributed by atoms with Crippen molar-refractivity contribution in [3.8, 4) is 0 Å². The maximum absolute atomic E-state index is 10.9. The van der Waals surface area contributed by atoms with Crippen molar-refractivity contribution in [1.82, 2.24) is 4.90 Å². The van der Waals surface area contributed by atoms with Crippen molar-refractivity contribution >= 4 is 29.1 Å². The Labute approximate surface area is 120 Å². The fourth-order valence-electron chi connectivity index (χ4n) is 2.33. The molecule has 7 nitrogen and oxygen atoms in total. The summed E-state index contributed by atoms with van der Waals surface area (Å²) >= 11 is 6.10. The third-order valence-electron chi connectivity index (χ3n) is 3.35. The second-order valence-corrected chi connectivity index (χ2v) is 5.07. The number of nitro benzene ring substituents is 1. The van der Waals surface area contributed by atoms with Crippen molar-refractivity contribution in [2.24, 2.45) is 0 Å². The average molecular weight is 300 g/mol.